The smallest absolute Gasteiger partial charge is 0.238 e. The SMILES string of the molecule is CCOc1cc(C2C3=CCC4C(=O)N(c5ccc(Br)cc5)C(=O)C4C3CC3=C2C(=O)C=C(Br)C3=O)ccc1O. The van der Waals surface area contributed by atoms with Crippen LogP contribution in [0.5, 0.6) is 11.5 Å². The van der Waals surface area contributed by atoms with E-state index in [1.807, 2.05) is 6.08 Å². The van der Waals surface area contributed by atoms with Crippen molar-refractivity contribution in [3.63, 3.8) is 0 Å². The molecule has 2 aromatic carbocycles. The van der Waals surface area contributed by atoms with E-state index < -0.39 is 23.7 Å². The van der Waals surface area contributed by atoms with Gasteiger partial charge >= 0.3 is 0 Å². The molecule has 1 saturated heterocycles. The van der Waals surface area contributed by atoms with Crippen molar-refractivity contribution in [1.29, 1.82) is 0 Å². The standard InChI is InChI=1S/C30H23Br2NO6/c1-2-39-24-11-14(3-10-22(24)34)25-17-8-9-18-26(19(17)12-20-27(25)23(35)13-21(32)28(20)36)30(38)33(29(18)37)16-6-4-15(31)5-7-16/h3-8,10-11,13,18-19,25-26,34H,2,9,12H2,1H3. The van der Waals surface area contributed by atoms with Crippen LogP contribution in [-0.2, 0) is 19.2 Å². The van der Waals surface area contributed by atoms with Gasteiger partial charge in [0, 0.05) is 27.6 Å². The monoisotopic (exact) mass is 651 g/mol. The number of carbonyl (C=O) groups is 4. The average molecular weight is 653 g/mol. The molecule has 0 aromatic heterocycles. The van der Waals surface area contributed by atoms with E-state index in [4.69, 9.17) is 4.74 Å². The molecule has 0 bridgehead atoms. The highest BCUT2D eigenvalue weighted by Crippen LogP contribution is 2.56. The maximum atomic E-state index is 13.9. The second-order valence-electron chi connectivity index (χ2n) is 10.0. The van der Waals surface area contributed by atoms with Gasteiger partial charge in [-0.15, -0.1) is 0 Å². The summed E-state index contributed by atoms with van der Waals surface area (Å²) in [5.74, 6) is -3.14. The number of benzene rings is 2. The Bertz CT molecular complexity index is 1550. The topological polar surface area (TPSA) is 101 Å². The minimum Gasteiger partial charge on any atom is -0.504 e. The van der Waals surface area contributed by atoms with E-state index in [1.54, 1.807) is 43.3 Å². The molecule has 1 aliphatic heterocycles. The van der Waals surface area contributed by atoms with Crippen LogP contribution in [0, 0.1) is 17.8 Å². The van der Waals surface area contributed by atoms with E-state index in [0.29, 0.717) is 35.4 Å². The number of amides is 2. The lowest BCUT2D eigenvalue weighted by Crippen LogP contribution is -2.39. The van der Waals surface area contributed by atoms with E-state index in [-0.39, 0.29) is 45.8 Å². The van der Waals surface area contributed by atoms with E-state index in [9.17, 15) is 24.3 Å². The van der Waals surface area contributed by atoms with Crippen LogP contribution in [0.1, 0.15) is 31.2 Å². The molecule has 9 heteroatoms. The van der Waals surface area contributed by atoms with Crippen molar-refractivity contribution in [2.45, 2.75) is 25.7 Å². The lowest BCUT2D eigenvalue weighted by Gasteiger charge is -2.42. The third-order valence-corrected chi connectivity index (χ3v) is 9.15. The molecule has 1 heterocycles. The highest BCUT2D eigenvalue weighted by atomic mass is 79.9. The fourth-order valence-electron chi connectivity index (χ4n) is 6.41. The van der Waals surface area contributed by atoms with E-state index >= 15 is 0 Å². The zero-order valence-electron chi connectivity index (χ0n) is 20.8. The Morgan fingerprint density at radius 3 is 2.46 bits per heavy atom. The number of fused-ring (bicyclic) bond motifs is 3. The second-order valence-corrected chi connectivity index (χ2v) is 11.8. The number of imide groups is 1. The number of hydrogen-bond acceptors (Lipinski definition) is 6. The second kappa shape index (κ2) is 9.71. The number of ketones is 2. The summed E-state index contributed by atoms with van der Waals surface area (Å²) in [4.78, 5) is 55.4. The molecule has 4 unspecified atom stereocenters. The summed E-state index contributed by atoms with van der Waals surface area (Å²) in [6.07, 6.45) is 3.81. The van der Waals surface area contributed by atoms with Crippen LogP contribution < -0.4 is 9.64 Å². The van der Waals surface area contributed by atoms with E-state index in [0.717, 1.165) is 10.0 Å². The Balaban J connectivity index is 1.48. The molecule has 7 nitrogen and oxygen atoms in total. The Hall–Kier alpha value is -3.30. The number of rotatable bonds is 4. The summed E-state index contributed by atoms with van der Waals surface area (Å²) >= 11 is 6.63. The first-order valence-corrected chi connectivity index (χ1v) is 14.3. The molecule has 2 amide bonds. The third-order valence-electron chi connectivity index (χ3n) is 8.03. The molecule has 3 aliphatic carbocycles. The fourth-order valence-corrected chi connectivity index (χ4v) is 7.12. The lowest BCUT2D eigenvalue weighted by atomic mass is 9.59. The molecule has 2 aromatic rings. The van der Waals surface area contributed by atoms with E-state index in [1.165, 1.54) is 17.0 Å². The zero-order valence-corrected chi connectivity index (χ0v) is 24.0. The summed E-state index contributed by atoms with van der Waals surface area (Å²) in [5, 5.41) is 10.3. The first-order chi connectivity index (χ1) is 18.7. The van der Waals surface area contributed by atoms with Crippen molar-refractivity contribution in [2.75, 3.05) is 11.5 Å². The Morgan fingerprint density at radius 2 is 1.74 bits per heavy atom. The van der Waals surface area contributed by atoms with Gasteiger partial charge in [0.1, 0.15) is 0 Å². The Labute approximate surface area is 241 Å². The number of halogens is 2. The maximum Gasteiger partial charge on any atom is 0.238 e. The normalized spacial score (nSPS) is 26.2. The van der Waals surface area contributed by atoms with E-state index in [2.05, 4.69) is 31.9 Å². The van der Waals surface area contributed by atoms with Crippen LogP contribution in [0.2, 0.25) is 0 Å². The van der Waals surface area contributed by atoms with Crippen molar-refractivity contribution in [1.82, 2.24) is 0 Å². The summed E-state index contributed by atoms with van der Waals surface area (Å²) < 4.78 is 6.62. The third kappa shape index (κ3) is 4.05. The first-order valence-electron chi connectivity index (χ1n) is 12.7. The molecule has 39 heavy (non-hydrogen) atoms. The molecule has 1 N–H and O–H groups in total. The van der Waals surface area contributed by atoms with Gasteiger partial charge in [-0.3, -0.25) is 24.1 Å². The number of nitrogens with zero attached hydrogens (tertiary/aromatic N) is 1. The van der Waals surface area contributed by atoms with Gasteiger partial charge in [0.2, 0.25) is 11.8 Å². The van der Waals surface area contributed by atoms with Gasteiger partial charge in [-0.2, -0.15) is 0 Å². The number of anilines is 1. The van der Waals surface area contributed by atoms with Gasteiger partial charge in [-0.25, -0.2) is 0 Å². The van der Waals surface area contributed by atoms with Crippen molar-refractivity contribution >= 4 is 60.9 Å². The van der Waals surface area contributed by atoms with Crippen LogP contribution in [0.25, 0.3) is 0 Å². The number of hydrogen-bond donors (Lipinski definition) is 1. The number of ether oxygens (including phenoxy) is 1. The molecule has 4 aliphatic rings. The van der Waals surface area contributed by atoms with Crippen molar-refractivity contribution < 1.29 is 29.0 Å². The first kappa shape index (κ1) is 26.0. The summed E-state index contributed by atoms with van der Waals surface area (Å²) in [5.41, 5.74) is 2.75. The Morgan fingerprint density at radius 1 is 1.00 bits per heavy atom. The van der Waals surface area contributed by atoms with Crippen LogP contribution in [0.3, 0.4) is 0 Å². The molecule has 0 radical (unpaired) electrons. The number of allylic oxidation sites excluding steroid dienone is 6. The van der Waals surface area contributed by atoms with Crippen LogP contribution in [0.4, 0.5) is 5.69 Å². The van der Waals surface area contributed by atoms with Crippen molar-refractivity contribution in [3.8, 4) is 11.5 Å². The number of phenolic OH excluding ortho intramolecular Hbond substituents is 1. The molecular weight excluding hydrogens is 630 g/mol. The predicted octanol–water partition coefficient (Wildman–Crippen LogP) is 5.52. The number of Topliss-reactive ketones (excluding diaryl/α,β-unsaturated/α-hetero) is 1. The number of phenols is 1. The molecular formula is C30H23Br2NO6. The minimum atomic E-state index is -0.659. The fraction of sp³-hybridized carbons (Fsp3) is 0.267. The Kier molecular flexibility index (Phi) is 6.46. The largest absolute Gasteiger partial charge is 0.504 e. The van der Waals surface area contributed by atoms with Crippen LogP contribution in [-0.4, -0.2) is 35.1 Å². The van der Waals surface area contributed by atoms with Crippen LogP contribution >= 0.6 is 31.9 Å². The van der Waals surface area contributed by atoms with Crippen molar-refractivity contribution in [3.05, 3.63) is 85.9 Å². The van der Waals surface area contributed by atoms with Crippen molar-refractivity contribution in [2.24, 2.45) is 17.8 Å². The van der Waals surface area contributed by atoms with Gasteiger partial charge in [0.15, 0.2) is 23.1 Å². The minimum absolute atomic E-state index is 0.0322. The summed E-state index contributed by atoms with van der Waals surface area (Å²) in [6.45, 7) is 2.14. The molecule has 0 spiro atoms. The quantitative estimate of drug-likeness (QED) is 0.265. The van der Waals surface area contributed by atoms with Crippen LogP contribution in [0.15, 0.2) is 80.3 Å². The molecule has 1 fully saturated rings. The van der Waals surface area contributed by atoms with Gasteiger partial charge in [-0.1, -0.05) is 33.6 Å². The molecule has 4 atom stereocenters. The molecule has 6 rings (SSSR count). The highest BCUT2D eigenvalue weighted by Gasteiger charge is 2.56. The molecule has 198 valence electrons. The van der Waals surface area contributed by atoms with Gasteiger partial charge in [0.05, 0.1) is 28.6 Å². The zero-order chi connectivity index (χ0) is 27.6. The number of carbonyl (C=O) groups excluding carboxylic acids is 4. The van der Waals surface area contributed by atoms with Gasteiger partial charge in [-0.05, 0) is 83.6 Å². The van der Waals surface area contributed by atoms with Gasteiger partial charge in [0.25, 0.3) is 0 Å². The summed E-state index contributed by atoms with van der Waals surface area (Å²) in [6, 6.07) is 11.9. The molecule has 0 saturated carbocycles. The maximum absolute atomic E-state index is 13.9. The highest BCUT2D eigenvalue weighted by molar-refractivity contribution is 9.12. The summed E-state index contributed by atoms with van der Waals surface area (Å²) in [7, 11) is 0. The lowest BCUT2D eigenvalue weighted by molar-refractivity contribution is -0.123. The van der Waals surface area contributed by atoms with Gasteiger partial charge < -0.3 is 9.84 Å². The predicted molar refractivity (Wildman–Crippen MR) is 150 cm³/mol. The number of aromatic hydroxyl groups is 1. The average Bonchev–Trinajstić information content (AvgIpc) is 3.18.